The van der Waals surface area contributed by atoms with Gasteiger partial charge in [-0.3, -0.25) is 15.2 Å². The second kappa shape index (κ2) is 7.44. The van der Waals surface area contributed by atoms with E-state index in [4.69, 9.17) is 4.98 Å². The van der Waals surface area contributed by atoms with Crippen LogP contribution in [-0.2, 0) is 0 Å². The Kier molecular flexibility index (Phi) is 4.48. The van der Waals surface area contributed by atoms with E-state index in [1.165, 1.54) is 6.20 Å². The minimum atomic E-state index is -0.265. The van der Waals surface area contributed by atoms with Crippen molar-refractivity contribution in [3.05, 3.63) is 60.6 Å². The maximum Gasteiger partial charge on any atom is 0.329 e. The molecule has 1 atom stereocenters. The zero-order chi connectivity index (χ0) is 20.5. The average molecular weight is 397 g/mol. The maximum absolute atomic E-state index is 13.2. The number of nitrogens with one attached hydrogen (secondary N) is 1. The number of amides is 2. The molecule has 1 aromatic carbocycles. The third-order valence-corrected chi connectivity index (χ3v) is 5.49. The molecule has 2 aromatic heterocycles. The molecule has 0 aliphatic carbocycles. The first kappa shape index (κ1) is 18.1. The first-order valence-corrected chi connectivity index (χ1v) is 9.86. The number of anilines is 3. The van der Waals surface area contributed by atoms with Gasteiger partial charge in [-0.1, -0.05) is 12.1 Å². The van der Waals surface area contributed by atoms with E-state index in [9.17, 15) is 10.1 Å². The molecule has 1 fully saturated rings. The number of nitrogens with zero attached hydrogens (tertiary/aromatic N) is 6. The maximum atomic E-state index is 13.2. The fourth-order valence-electron chi connectivity index (χ4n) is 4.13. The van der Waals surface area contributed by atoms with Gasteiger partial charge in [-0.05, 0) is 37.1 Å². The third kappa shape index (κ3) is 3.20. The molecular weight excluding hydrogens is 378 g/mol. The molecule has 0 radical (unpaired) electrons. The number of fused-ring (bicyclic) bond motifs is 4. The zero-order valence-corrected chi connectivity index (χ0v) is 16.2. The van der Waals surface area contributed by atoms with Gasteiger partial charge in [-0.15, -0.1) is 0 Å². The average Bonchev–Trinajstić information content (AvgIpc) is 2.80. The van der Waals surface area contributed by atoms with Gasteiger partial charge in [0, 0.05) is 31.0 Å². The summed E-state index contributed by atoms with van der Waals surface area (Å²) in [5, 5.41) is 12.1. The molecule has 4 heterocycles. The van der Waals surface area contributed by atoms with Crippen molar-refractivity contribution in [2.75, 3.05) is 28.2 Å². The second-order valence-corrected chi connectivity index (χ2v) is 7.36. The number of nitriles is 1. The van der Waals surface area contributed by atoms with E-state index in [-0.39, 0.29) is 12.1 Å². The lowest BCUT2D eigenvalue weighted by Crippen LogP contribution is -2.56. The van der Waals surface area contributed by atoms with Crippen LogP contribution in [0.1, 0.15) is 18.4 Å². The molecule has 2 aliphatic rings. The van der Waals surface area contributed by atoms with Gasteiger partial charge in [0.1, 0.15) is 0 Å². The highest BCUT2D eigenvalue weighted by Gasteiger charge is 2.38. The van der Waals surface area contributed by atoms with Crippen molar-refractivity contribution in [3.8, 4) is 17.3 Å². The van der Waals surface area contributed by atoms with Crippen molar-refractivity contribution in [2.24, 2.45) is 0 Å². The highest BCUT2D eigenvalue weighted by atomic mass is 16.2. The summed E-state index contributed by atoms with van der Waals surface area (Å²) in [5.74, 6) is 1.03. The number of pyridine rings is 1. The molecule has 1 saturated heterocycles. The van der Waals surface area contributed by atoms with Crippen LogP contribution in [0.25, 0.3) is 11.3 Å². The smallest absolute Gasteiger partial charge is 0.329 e. The van der Waals surface area contributed by atoms with Crippen LogP contribution in [0.3, 0.4) is 0 Å². The Bertz CT molecular complexity index is 1140. The number of carbonyl (C=O) groups excluding carboxylic acids is 1. The van der Waals surface area contributed by atoms with E-state index in [0.29, 0.717) is 17.2 Å². The van der Waals surface area contributed by atoms with Crippen LogP contribution in [0.2, 0.25) is 0 Å². The Hall–Kier alpha value is -3.99. The van der Waals surface area contributed by atoms with E-state index in [1.807, 2.05) is 30.3 Å². The third-order valence-electron chi connectivity index (χ3n) is 5.49. The SMILES string of the molecule is N#Cc1cccc(-c2ccc3c(n2)N(C(=O)Nc2cnccn2)[C@H]2CCCN3C2)c1. The molecule has 8 nitrogen and oxygen atoms in total. The van der Waals surface area contributed by atoms with E-state index in [0.717, 1.165) is 42.9 Å². The van der Waals surface area contributed by atoms with Crippen LogP contribution in [0.4, 0.5) is 22.1 Å². The van der Waals surface area contributed by atoms with Crippen molar-refractivity contribution in [1.29, 1.82) is 5.26 Å². The largest absolute Gasteiger partial charge is 0.366 e. The van der Waals surface area contributed by atoms with Gasteiger partial charge in [-0.25, -0.2) is 14.8 Å². The molecule has 0 saturated carbocycles. The molecule has 2 aliphatic heterocycles. The lowest BCUT2D eigenvalue weighted by molar-refractivity contribution is 0.252. The van der Waals surface area contributed by atoms with E-state index < -0.39 is 0 Å². The van der Waals surface area contributed by atoms with Crippen LogP contribution in [0.15, 0.2) is 55.0 Å². The van der Waals surface area contributed by atoms with E-state index in [1.54, 1.807) is 23.4 Å². The summed E-state index contributed by atoms with van der Waals surface area (Å²) >= 11 is 0. The monoisotopic (exact) mass is 397 g/mol. The number of rotatable bonds is 2. The number of aromatic nitrogens is 3. The fraction of sp³-hybridized carbons (Fsp3) is 0.227. The first-order valence-electron chi connectivity index (χ1n) is 9.86. The fourth-order valence-corrected chi connectivity index (χ4v) is 4.13. The normalized spacial score (nSPS) is 17.1. The van der Waals surface area contributed by atoms with Gasteiger partial charge in [-0.2, -0.15) is 5.26 Å². The highest BCUT2D eigenvalue weighted by Crippen LogP contribution is 2.39. The topological polar surface area (TPSA) is 98.0 Å². The summed E-state index contributed by atoms with van der Waals surface area (Å²) in [5.41, 5.74) is 3.09. The Morgan fingerprint density at radius 1 is 1.23 bits per heavy atom. The molecule has 2 bridgehead atoms. The summed E-state index contributed by atoms with van der Waals surface area (Å²) < 4.78 is 0. The first-order chi connectivity index (χ1) is 14.7. The Labute approximate surface area is 173 Å². The predicted molar refractivity (Wildman–Crippen MR) is 113 cm³/mol. The van der Waals surface area contributed by atoms with Crippen molar-refractivity contribution >= 4 is 23.4 Å². The van der Waals surface area contributed by atoms with Crippen molar-refractivity contribution < 1.29 is 4.79 Å². The van der Waals surface area contributed by atoms with Crippen molar-refractivity contribution in [3.63, 3.8) is 0 Å². The molecule has 0 unspecified atom stereocenters. The summed E-state index contributed by atoms with van der Waals surface area (Å²) in [7, 11) is 0. The molecule has 0 spiro atoms. The Balaban J connectivity index is 1.56. The molecule has 3 aromatic rings. The number of hydrogen-bond acceptors (Lipinski definition) is 6. The van der Waals surface area contributed by atoms with Crippen LogP contribution in [-0.4, -0.2) is 40.1 Å². The summed E-state index contributed by atoms with van der Waals surface area (Å²) in [4.78, 5) is 30.3. The molecule has 5 rings (SSSR count). The number of carbonyl (C=O) groups is 1. The minimum Gasteiger partial charge on any atom is -0.366 e. The Morgan fingerprint density at radius 2 is 2.17 bits per heavy atom. The van der Waals surface area contributed by atoms with Crippen LogP contribution in [0.5, 0.6) is 0 Å². The number of hydrogen-bond donors (Lipinski definition) is 1. The number of urea groups is 1. The van der Waals surface area contributed by atoms with Gasteiger partial charge in [0.25, 0.3) is 0 Å². The lowest BCUT2D eigenvalue weighted by Gasteiger charge is -2.45. The Morgan fingerprint density at radius 3 is 3.00 bits per heavy atom. The summed E-state index contributed by atoms with van der Waals surface area (Å²) in [6.07, 6.45) is 6.56. The van der Waals surface area contributed by atoms with Crippen LogP contribution in [0, 0.1) is 11.3 Å². The predicted octanol–water partition coefficient (Wildman–Crippen LogP) is 3.43. The quantitative estimate of drug-likeness (QED) is 0.711. The number of benzene rings is 1. The molecule has 2 amide bonds. The van der Waals surface area contributed by atoms with E-state index in [2.05, 4.69) is 26.3 Å². The molecule has 1 N–H and O–H groups in total. The molecule has 8 heteroatoms. The lowest BCUT2D eigenvalue weighted by atomic mass is 9.99. The number of piperidine rings is 1. The summed E-state index contributed by atoms with van der Waals surface area (Å²) in [6, 6.07) is 13.2. The molecular formula is C22H19N7O. The van der Waals surface area contributed by atoms with E-state index >= 15 is 0 Å². The van der Waals surface area contributed by atoms with Gasteiger partial charge in [0.05, 0.1) is 35.3 Å². The standard InChI is InChI=1S/C22H19N7O/c23-12-15-3-1-4-16(11-15)18-6-7-19-21(26-18)29(17-5-2-10-28(19)14-17)22(30)27-20-13-24-8-9-25-20/h1,3-4,6-9,11,13,17H,2,5,10,14H2,(H,25,27,30)/t17-/m0/s1. The van der Waals surface area contributed by atoms with Gasteiger partial charge < -0.3 is 4.90 Å². The molecule has 30 heavy (non-hydrogen) atoms. The van der Waals surface area contributed by atoms with Crippen LogP contribution >= 0.6 is 0 Å². The van der Waals surface area contributed by atoms with Crippen LogP contribution < -0.4 is 15.1 Å². The van der Waals surface area contributed by atoms with Gasteiger partial charge in [0.15, 0.2) is 11.6 Å². The van der Waals surface area contributed by atoms with Crippen molar-refractivity contribution in [2.45, 2.75) is 18.9 Å². The van der Waals surface area contributed by atoms with Crippen molar-refractivity contribution in [1.82, 2.24) is 15.0 Å². The molecule has 148 valence electrons. The minimum absolute atomic E-state index is 0.0381. The second-order valence-electron chi connectivity index (χ2n) is 7.36. The van der Waals surface area contributed by atoms with Gasteiger partial charge in [0.2, 0.25) is 0 Å². The zero-order valence-electron chi connectivity index (χ0n) is 16.2. The highest BCUT2D eigenvalue weighted by molar-refractivity contribution is 6.04. The summed E-state index contributed by atoms with van der Waals surface area (Å²) in [6.45, 7) is 1.74. The van der Waals surface area contributed by atoms with Gasteiger partial charge >= 0.3 is 6.03 Å².